The van der Waals surface area contributed by atoms with E-state index in [1.54, 1.807) is 37.5 Å². The summed E-state index contributed by atoms with van der Waals surface area (Å²) < 4.78 is 16.8. The Labute approximate surface area is 359 Å². The van der Waals surface area contributed by atoms with Crippen molar-refractivity contribution in [2.45, 2.75) is 39.3 Å². The lowest BCUT2D eigenvalue weighted by molar-refractivity contribution is -0.129. The summed E-state index contributed by atoms with van der Waals surface area (Å²) in [6.45, 7) is 12.4. The molecule has 6 aromatic heterocycles. The Kier molecular flexibility index (Phi) is 13.3. The highest BCUT2D eigenvalue weighted by Crippen LogP contribution is 2.29. The van der Waals surface area contributed by atoms with E-state index in [1.807, 2.05) is 47.7 Å². The Hall–Kier alpha value is -5.77. The van der Waals surface area contributed by atoms with Gasteiger partial charge in [0.25, 0.3) is 0 Å². The zero-order valence-corrected chi connectivity index (χ0v) is 35.6. The molecule has 9 heterocycles. The third-order valence-corrected chi connectivity index (χ3v) is 12.0. The maximum atomic E-state index is 12.8. The van der Waals surface area contributed by atoms with Crippen LogP contribution in [0.15, 0.2) is 68.4 Å². The molecule has 18 nitrogen and oxygen atoms in total. The number of carbonyl (C=O) groups is 3. The van der Waals surface area contributed by atoms with Crippen LogP contribution in [0.4, 0.5) is 11.6 Å². The number of nitrogens with one attached hydrogen (secondary N) is 3. The summed E-state index contributed by atoms with van der Waals surface area (Å²) in [7, 11) is 0. The molecular formula is C41H46N12O6S2. The maximum Gasteiger partial charge on any atom is 0.239 e. The number of aryl methyl sites for hydroxylation is 2. The van der Waals surface area contributed by atoms with Gasteiger partial charge in [0.2, 0.25) is 17.7 Å². The number of thiazole rings is 2. The van der Waals surface area contributed by atoms with Gasteiger partial charge in [-0.25, -0.2) is 29.9 Å². The number of rotatable bonds is 11. The lowest BCUT2D eigenvalue weighted by Crippen LogP contribution is -2.55. The molecule has 2 atom stereocenters. The third kappa shape index (κ3) is 10.8. The summed E-state index contributed by atoms with van der Waals surface area (Å²) in [5.41, 5.74) is 1.25. The topological polar surface area (TPSA) is 210 Å². The third-order valence-electron chi connectivity index (χ3n) is 10.4. The fraction of sp³-hybridized carbons (Fsp3) is 0.390. The van der Waals surface area contributed by atoms with Crippen molar-refractivity contribution in [1.82, 2.24) is 49.9 Å². The number of carbonyl (C=O) groups excluding carboxylic acids is 3. The van der Waals surface area contributed by atoms with Gasteiger partial charge in [0, 0.05) is 80.6 Å². The number of nitrogens with zero attached hydrogens (tertiary/aromatic N) is 9. The molecule has 3 fully saturated rings. The Morgan fingerprint density at radius 1 is 0.787 bits per heavy atom. The van der Waals surface area contributed by atoms with Crippen molar-refractivity contribution in [2.24, 2.45) is 0 Å². The SMILES string of the molecule is Cc1ccc(-c2nc(NC(=O)CN3CCC(N4CCOCC4)C3)cc(-c3nccs3)n2)o1.Cc1ccc(-c2nc(NC(=O)CN3CCNC(=O)C3C)cc(-c3nccs3)n2)o1. The molecule has 0 bridgehead atoms. The van der Waals surface area contributed by atoms with E-state index in [0.29, 0.717) is 76.9 Å². The number of anilines is 2. The molecule has 318 valence electrons. The zero-order valence-electron chi connectivity index (χ0n) is 34.0. The molecule has 0 aliphatic carbocycles. The van der Waals surface area contributed by atoms with Crippen LogP contribution in [0, 0.1) is 13.8 Å². The van der Waals surface area contributed by atoms with Gasteiger partial charge in [-0.15, -0.1) is 22.7 Å². The minimum absolute atomic E-state index is 0.0763. The Morgan fingerprint density at radius 3 is 1.89 bits per heavy atom. The van der Waals surface area contributed by atoms with Gasteiger partial charge < -0.3 is 29.5 Å². The molecule has 2 unspecified atom stereocenters. The number of furan rings is 2. The van der Waals surface area contributed by atoms with Gasteiger partial charge in [-0.05, 0) is 51.5 Å². The smallest absolute Gasteiger partial charge is 0.239 e. The molecule has 3 aliphatic heterocycles. The number of ether oxygens (including phenoxy) is 1. The van der Waals surface area contributed by atoms with Crippen molar-refractivity contribution < 1.29 is 28.0 Å². The summed E-state index contributed by atoms with van der Waals surface area (Å²) in [6, 6.07) is 10.9. The second kappa shape index (κ2) is 19.3. The predicted octanol–water partition coefficient (Wildman–Crippen LogP) is 4.44. The van der Waals surface area contributed by atoms with Crippen molar-refractivity contribution >= 4 is 52.0 Å². The maximum absolute atomic E-state index is 12.8. The first-order valence-electron chi connectivity index (χ1n) is 20.0. The number of morpholine rings is 1. The Bertz CT molecular complexity index is 2430. The molecule has 6 aromatic rings. The highest BCUT2D eigenvalue weighted by atomic mass is 32.1. The van der Waals surface area contributed by atoms with Crippen LogP contribution in [0.5, 0.6) is 0 Å². The quantitative estimate of drug-likeness (QED) is 0.164. The van der Waals surface area contributed by atoms with Gasteiger partial charge in [0.1, 0.15) is 44.6 Å². The van der Waals surface area contributed by atoms with E-state index in [1.165, 1.54) is 22.7 Å². The van der Waals surface area contributed by atoms with Crippen LogP contribution >= 0.6 is 22.7 Å². The van der Waals surface area contributed by atoms with Gasteiger partial charge in [-0.2, -0.15) is 0 Å². The Morgan fingerprint density at radius 2 is 1.36 bits per heavy atom. The minimum atomic E-state index is -0.354. The number of likely N-dealkylation sites (tertiary alicyclic amines) is 1. The van der Waals surface area contributed by atoms with E-state index in [-0.39, 0.29) is 30.3 Å². The Balaban J connectivity index is 0.000000169. The van der Waals surface area contributed by atoms with Gasteiger partial charge >= 0.3 is 0 Å². The summed E-state index contributed by atoms with van der Waals surface area (Å²) in [5, 5.41) is 13.8. The zero-order chi connectivity index (χ0) is 42.3. The lowest BCUT2D eigenvalue weighted by Gasteiger charge is -2.32. The number of amides is 3. The van der Waals surface area contributed by atoms with Crippen LogP contribution in [-0.2, 0) is 19.1 Å². The molecule has 0 saturated carbocycles. The van der Waals surface area contributed by atoms with Crippen molar-refractivity contribution in [1.29, 1.82) is 0 Å². The first-order chi connectivity index (χ1) is 29.6. The molecule has 0 aromatic carbocycles. The monoisotopic (exact) mass is 866 g/mol. The highest BCUT2D eigenvalue weighted by Gasteiger charge is 2.30. The van der Waals surface area contributed by atoms with Gasteiger partial charge in [-0.3, -0.25) is 29.1 Å². The number of aromatic nitrogens is 6. The van der Waals surface area contributed by atoms with Crippen molar-refractivity contribution in [3.05, 3.63) is 71.1 Å². The molecule has 9 rings (SSSR count). The molecule has 20 heteroatoms. The molecule has 3 saturated heterocycles. The molecule has 3 aliphatic rings. The van der Waals surface area contributed by atoms with Crippen LogP contribution in [0.3, 0.4) is 0 Å². The van der Waals surface area contributed by atoms with Crippen molar-refractivity contribution in [2.75, 3.05) is 76.2 Å². The van der Waals surface area contributed by atoms with E-state index in [9.17, 15) is 14.4 Å². The van der Waals surface area contributed by atoms with E-state index in [0.717, 1.165) is 62.3 Å². The summed E-state index contributed by atoms with van der Waals surface area (Å²) in [4.78, 5) is 70.5. The molecule has 61 heavy (non-hydrogen) atoms. The summed E-state index contributed by atoms with van der Waals surface area (Å²) in [5.74, 6) is 3.77. The van der Waals surface area contributed by atoms with Gasteiger partial charge in [0.05, 0.1) is 32.3 Å². The first-order valence-corrected chi connectivity index (χ1v) is 21.8. The standard InChI is InChI=1S/C22H26N6O3S.C19H20N6O3S/c1-15-2-3-18(31-15)21-24-17(22-23-5-11-32-22)12-19(26-21)25-20(29)14-27-6-4-16(13-27)28-7-9-30-10-8-28;1-11-3-4-14(28-11)17-22-13(19-21-6-8-29-19)9-15(24-17)23-16(26)10-25-7-5-20-18(27)12(25)2/h2-3,5,11-12,16H,4,6-10,13-14H2,1H3,(H,24,25,26,29);3-4,6,8-9,12H,5,7,10H2,1-2H3,(H,20,27)(H,22,23,24,26). The average Bonchev–Trinajstić information content (AvgIpc) is 4.12. The fourth-order valence-electron chi connectivity index (χ4n) is 7.27. The van der Waals surface area contributed by atoms with Crippen LogP contribution in [0.25, 0.3) is 44.6 Å². The van der Waals surface area contributed by atoms with Crippen LogP contribution in [0.2, 0.25) is 0 Å². The molecule has 0 spiro atoms. The predicted molar refractivity (Wildman–Crippen MR) is 230 cm³/mol. The molecular weight excluding hydrogens is 821 g/mol. The van der Waals surface area contributed by atoms with Gasteiger partial charge in [0.15, 0.2) is 23.2 Å². The number of piperazine rings is 1. The molecule has 3 N–H and O–H groups in total. The average molecular weight is 867 g/mol. The largest absolute Gasteiger partial charge is 0.458 e. The normalized spacial score (nSPS) is 18.6. The van der Waals surface area contributed by atoms with Crippen molar-refractivity contribution in [3.8, 4) is 44.6 Å². The number of hydrogen-bond donors (Lipinski definition) is 3. The van der Waals surface area contributed by atoms with Crippen LogP contribution < -0.4 is 16.0 Å². The van der Waals surface area contributed by atoms with Crippen LogP contribution in [0.1, 0.15) is 24.9 Å². The fourth-order valence-corrected chi connectivity index (χ4v) is 8.46. The summed E-state index contributed by atoms with van der Waals surface area (Å²) in [6.07, 6.45) is 4.51. The van der Waals surface area contributed by atoms with E-state index in [4.69, 9.17) is 13.6 Å². The minimum Gasteiger partial charge on any atom is -0.458 e. The van der Waals surface area contributed by atoms with Crippen LogP contribution in [-0.4, -0.2) is 140 Å². The van der Waals surface area contributed by atoms with E-state index in [2.05, 4.69) is 55.7 Å². The highest BCUT2D eigenvalue weighted by molar-refractivity contribution is 7.13. The second-order valence-electron chi connectivity index (χ2n) is 14.8. The lowest BCUT2D eigenvalue weighted by atomic mass is 10.2. The molecule has 0 radical (unpaired) electrons. The van der Waals surface area contributed by atoms with E-state index >= 15 is 0 Å². The second-order valence-corrected chi connectivity index (χ2v) is 16.6. The molecule has 3 amide bonds. The van der Waals surface area contributed by atoms with Crippen molar-refractivity contribution in [3.63, 3.8) is 0 Å². The first kappa shape index (κ1) is 41.9. The van der Waals surface area contributed by atoms with E-state index < -0.39 is 0 Å². The van der Waals surface area contributed by atoms with Gasteiger partial charge in [-0.1, -0.05) is 0 Å². The summed E-state index contributed by atoms with van der Waals surface area (Å²) >= 11 is 2.93. The number of hydrogen-bond acceptors (Lipinski definition) is 17.